The van der Waals surface area contributed by atoms with E-state index in [4.69, 9.17) is 10.6 Å². The van der Waals surface area contributed by atoms with Crippen molar-refractivity contribution in [1.29, 1.82) is 0 Å². The zero-order valence-electron chi connectivity index (χ0n) is 7.18. The van der Waals surface area contributed by atoms with Crippen molar-refractivity contribution >= 4 is 0 Å². The van der Waals surface area contributed by atoms with Gasteiger partial charge in [0.25, 0.3) is 0 Å². The van der Waals surface area contributed by atoms with Crippen LogP contribution in [0, 0.1) is 0 Å². The molecule has 0 rings (SSSR count). The number of ether oxygens (including phenoxy) is 1. The highest BCUT2D eigenvalue weighted by Gasteiger charge is 2.03. The van der Waals surface area contributed by atoms with Crippen LogP contribution in [0.1, 0.15) is 26.2 Å². The number of rotatable bonds is 7. The quantitative estimate of drug-likeness (QED) is 0.332. The van der Waals surface area contributed by atoms with Crippen LogP contribution in [0.5, 0.6) is 0 Å². The number of hydrazine groups is 1. The van der Waals surface area contributed by atoms with Crippen molar-refractivity contribution in [3.05, 3.63) is 12.8 Å². The maximum Gasteiger partial charge on any atom is 0.104 e. The average Bonchev–Trinajstić information content (AvgIpc) is 2.05. The van der Waals surface area contributed by atoms with Gasteiger partial charge in [-0.25, -0.2) is 0 Å². The van der Waals surface area contributed by atoms with Crippen molar-refractivity contribution < 1.29 is 4.74 Å². The molecule has 0 saturated heterocycles. The molecule has 0 amide bonds. The number of unbranched alkanes of at least 4 members (excludes halogenated alkanes) is 1. The minimum atomic E-state index is 0.257. The number of hydrogen-bond acceptors (Lipinski definition) is 3. The first-order valence-corrected chi connectivity index (χ1v) is 4.03. The van der Waals surface area contributed by atoms with Gasteiger partial charge in [0, 0.05) is 0 Å². The molecule has 11 heavy (non-hydrogen) atoms. The van der Waals surface area contributed by atoms with Gasteiger partial charge in [0.2, 0.25) is 0 Å². The van der Waals surface area contributed by atoms with Crippen molar-refractivity contribution in [3.63, 3.8) is 0 Å². The Hall–Kier alpha value is -0.540. The Morgan fingerprint density at radius 3 is 2.91 bits per heavy atom. The summed E-state index contributed by atoms with van der Waals surface area (Å²) in [4.78, 5) is 0. The normalized spacial score (nSPS) is 12.5. The van der Waals surface area contributed by atoms with Crippen LogP contribution >= 0.6 is 0 Å². The molecule has 0 fully saturated rings. The molecule has 66 valence electrons. The van der Waals surface area contributed by atoms with Gasteiger partial charge < -0.3 is 4.74 Å². The zero-order chi connectivity index (χ0) is 8.53. The fourth-order valence-electron chi connectivity index (χ4n) is 0.849. The summed E-state index contributed by atoms with van der Waals surface area (Å²) in [5.74, 6) is 5.29. The molecule has 3 heteroatoms. The second-order valence-electron chi connectivity index (χ2n) is 2.51. The van der Waals surface area contributed by atoms with Crippen LogP contribution in [-0.4, -0.2) is 12.6 Å². The van der Waals surface area contributed by atoms with Gasteiger partial charge in [0.05, 0.1) is 12.3 Å². The molecule has 1 unspecified atom stereocenters. The molecule has 0 bridgehead atoms. The molecule has 0 radical (unpaired) electrons. The third-order valence-electron chi connectivity index (χ3n) is 1.56. The van der Waals surface area contributed by atoms with Crippen molar-refractivity contribution in [3.8, 4) is 0 Å². The molecule has 0 aromatic heterocycles. The van der Waals surface area contributed by atoms with E-state index in [2.05, 4.69) is 18.9 Å². The van der Waals surface area contributed by atoms with Crippen LogP contribution in [0.15, 0.2) is 12.8 Å². The summed E-state index contributed by atoms with van der Waals surface area (Å²) in [7, 11) is 0. The van der Waals surface area contributed by atoms with Gasteiger partial charge in [-0.3, -0.25) is 11.3 Å². The van der Waals surface area contributed by atoms with Crippen LogP contribution in [0.4, 0.5) is 0 Å². The lowest BCUT2D eigenvalue weighted by atomic mass is 10.1. The molecule has 0 saturated carbocycles. The Balaban J connectivity index is 3.32. The van der Waals surface area contributed by atoms with E-state index in [1.54, 1.807) is 0 Å². The SMILES string of the molecule is C=COCC(CCCC)NN. The van der Waals surface area contributed by atoms with Crippen molar-refractivity contribution in [1.82, 2.24) is 5.43 Å². The molecule has 0 aromatic rings. The second-order valence-corrected chi connectivity index (χ2v) is 2.51. The van der Waals surface area contributed by atoms with E-state index >= 15 is 0 Å². The molecule has 1 atom stereocenters. The Bertz CT molecular complexity index is 96.1. The molecule has 0 aliphatic heterocycles. The van der Waals surface area contributed by atoms with Crippen LogP contribution in [-0.2, 0) is 4.74 Å². The van der Waals surface area contributed by atoms with E-state index < -0.39 is 0 Å². The lowest BCUT2D eigenvalue weighted by molar-refractivity contribution is 0.203. The summed E-state index contributed by atoms with van der Waals surface area (Å²) in [6, 6.07) is 0.257. The van der Waals surface area contributed by atoms with Crippen molar-refractivity contribution in [2.45, 2.75) is 32.2 Å². The van der Waals surface area contributed by atoms with E-state index in [9.17, 15) is 0 Å². The van der Waals surface area contributed by atoms with E-state index in [1.807, 2.05) is 0 Å². The Morgan fingerprint density at radius 2 is 2.45 bits per heavy atom. The van der Waals surface area contributed by atoms with E-state index in [0.717, 1.165) is 6.42 Å². The molecule has 0 spiro atoms. The summed E-state index contributed by atoms with van der Waals surface area (Å²) in [6.07, 6.45) is 4.86. The molecular formula is C8H18N2O. The fourth-order valence-corrected chi connectivity index (χ4v) is 0.849. The maximum absolute atomic E-state index is 5.29. The predicted molar refractivity (Wildman–Crippen MR) is 46.8 cm³/mol. The smallest absolute Gasteiger partial charge is 0.104 e. The minimum absolute atomic E-state index is 0.257. The molecule has 0 aliphatic carbocycles. The molecule has 3 N–H and O–H groups in total. The van der Waals surface area contributed by atoms with Gasteiger partial charge in [-0.2, -0.15) is 0 Å². The summed E-state index contributed by atoms with van der Waals surface area (Å²) in [5, 5.41) is 0. The van der Waals surface area contributed by atoms with E-state index in [-0.39, 0.29) is 6.04 Å². The molecule has 0 aliphatic rings. The van der Waals surface area contributed by atoms with Crippen LogP contribution in [0.25, 0.3) is 0 Å². The van der Waals surface area contributed by atoms with Crippen molar-refractivity contribution in [2.24, 2.45) is 5.84 Å². The molecule has 0 heterocycles. The largest absolute Gasteiger partial charge is 0.500 e. The topological polar surface area (TPSA) is 47.3 Å². The predicted octanol–water partition coefficient (Wildman–Crippen LogP) is 1.17. The molecule has 3 nitrogen and oxygen atoms in total. The molecule has 0 aromatic carbocycles. The van der Waals surface area contributed by atoms with E-state index in [0.29, 0.717) is 6.61 Å². The van der Waals surface area contributed by atoms with Gasteiger partial charge in [-0.15, -0.1) is 0 Å². The summed E-state index contributed by atoms with van der Waals surface area (Å²) in [5.41, 5.74) is 2.70. The first-order valence-electron chi connectivity index (χ1n) is 4.03. The van der Waals surface area contributed by atoms with Gasteiger partial charge in [0.1, 0.15) is 6.61 Å². The highest BCUT2D eigenvalue weighted by Crippen LogP contribution is 1.99. The highest BCUT2D eigenvalue weighted by molar-refractivity contribution is 4.63. The summed E-state index contributed by atoms with van der Waals surface area (Å²) in [6.45, 7) is 6.22. The fraction of sp³-hybridized carbons (Fsp3) is 0.750. The van der Waals surface area contributed by atoms with Gasteiger partial charge in [0.15, 0.2) is 0 Å². The number of nitrogens with one attached hydrogen (secondary N) is 1. The first-order chi connectivity index (χ1) is 5.35. The Labute approximate surface area is 68.6 Å². The maximum atomic E-state index is 5.29. The van der Waals surface area contributed by atoms with Crippen LogP contribution in [0.2, 0.25) is 0 Å². The monoisotopic (exact) mass is 158 g/mol. The van der Waals surface area contributed by atoms with Crippen LogP contribution < -0.4 is 11.3 Å². The van der Waals surface area contributed by atoms with Gasteiger partial charge >= 0.3 is 0 Å². The second kappa shape index (κ2) is 7.57. The third-order valence-corrected chi connectivity index (χ3v) is 1.56. The van der Waals surface area contributed by atoms with Crippen LogP contribution in [0.3, 0.4) is 0 Å². The lowest BCUT2D eigenvalue weighted by Gasteiger charge is -2.13. The summed E-state index contributed by atoms with van der Waals surface area (Å²) < 4.78 is 5.00. The molecular weight excluding hydrogens is 140 g/mol. The van der Waals surface area contributed by atoms with Gasteiger partial charge in [-0.1, -0.05) is 26.3 Å². The minimum Gasteiger partial charge on any atom is -0.500 e. The highest BCUT2D eigenvalue weighted by atomic mass is 16.5. The number of nitrogens with two attached hydrogens (primary N) is 1. The van der Waals surface area contributed by atoms with Gasteiger partial charge in [-0.05, 0) is 6.42 Å². The number of hydrogen-bond donors (Lipinski definition) is 2. The average molecular weight is 158 g/mol. The van der Waals surface area contributed by atoms with Crippen molar-refractivity contribution in [2.75, 3.05) is 6.61 Å². The standard InChI is InChI=1S/C8H18N2O/c1-3-5-6-8(10-9)7-11-4-2/h4,8,10H,2-3,5-7,9H2,1H3. The van der Waals surface area contributed by atoms with E-state index in [1.165, 1.54) is 19.1 Å². The Morgan fingerprint density at radius 1 is 1.73 bits per heavy atom. The first kappa shape index (κ1) is 10.5. The third kappa shape index (κ3) is 5.88. The Kier molecular flexibility index (Phi) is 7.19. The lowest BCUT2D eigenvalue weighted by Crippen LogP contribution is -2.38. The summed E-state index contributed by atoms with van der Waals surface area (Å²) >= 11 is 0. The zero-order valence-corrected chi connectivity index (χ0v) is 7.18.